The molecule has 0 bridgehead atoms. The topological polar surface area (TPSA) is 54.2 Å². The van der Waals surface area contributed by atoms with Crippen LogP contribution < -0.4 is 11.1 Å². The maximum absolute atomic E-state index is 6.04. The summed E-state index contributed by atoms with van der Waals surface area (Å²) in [4.78, 5) is 6.69. The van der Waals surface area contributed by atoms with Crippen LogP contribution >= 0.6 is 0 Å². The van der Waals surface area contributed by atoms with Gasteiger partial charge in [-0.1, -0.05) is 18.2 Å². The fourth-order valence-electron chi connectivity index (χ4n) is 2.15. The van der Waals surface area contributed by atoms with E-state index in [4.69, 9.17) is 5.73 Å². The number of hydrogen-bond donors (Lipinski definition) is 2. The molecule has 1 heterocycles. The van der Waals surface area contributed by atoms with Gasteiger partial charge in [0.1, 0.15) is 0 Å². The van der Waals surface area contributed by atoms with E-state index in [0.717, 1.165) is 36.1 Å². The lowest BCUT2D eigenvalue weighted by Gasteiger charge is -2.21. The normalized spacial score (nSPS) is 11.4. The number of para-hydroxylation sites is 1. The quantitative estimate of drug-likeness (QED) is 0.794. The van der Waals surface area contributed by atoms with Gasteiger partial charge in [0.2, 0.25) is 0 Å². The molecule has 3 N–H and O–H groups in total. The van der Waals surface area contributed by atoms with E-state index in [0.29, 0.717) is 11.7 Å². The lowest BCUT2D eigenvalue weighted by molar-refractivity contribution is 0.273. The molecule has 4 heteroatoms. The van der Waals surface area contributed by atoms with E-state index in [9.17, 15) is 0 Å². The summed E-state index contributed by atoms with van der Waals surface area (Å²) in [7, 11) is 2.15. The highest BCUT2D eigenvalue weighted by molar-refractivity contribution is 5.96. The predicted octanol–water partition coefficient (Wildman–Crippen LogP) is 2.96. The van der Waals surface area contributed by atoms with Gasteiger partial charge < -0.3 is 16.0 Å². The van der Waals surface area contributed by atoms with E-state index in [1.165, 1.54) is 0 Å². The van der Waals surface area contributed by atoms with Crippen LogP contribution in [0.3, 0.4) is 0 Å². The van der Waals surface area contributed by atoms with Gasteiger partial charge in [-0.2, -0.15) is 0 Å². The molecule has 0 aliphatic carbocycles. The van der Waals surface area contributed by atoms with Crippen molar-refractivity contribution < 1.29 is 0 Å². The zero-order valence-corrected chi connectivity index (χ0v) is 12.6. The minimum absolute atomic E-state index is 0.585. The second kappa shape index (κ2) is 6.57. The first-order chi connectivity index (χ1) is 9.59. The van der Waals surface area contributed by atoms with Gasteiger partial charge in [-0.15, -0.1) is 0 Å². The number of rotatable bonds is 6. The van der Waals surface area contributed by atoms with E-state index >= 15 is 0 Å². The molecule has 0 aliphatic rings. The largest absolute Gasteiger partial charge is 0.396 e. The molecule has 0 atom stereocenters. The van der Waals surface area contributed by atoms with Crippen molar-refractivity contribution in [2.24, 2.45) is 0 Å². The van der Waals surface area contributed by atoms with E-state index < -0.39 is 0 Å². The van der Waals surface area contributed by atoms with Crippen LogP contribution in [0.2, 0.25) is 0 Å². The number of nitrogen functional groups attached to an aromatic ring is 1. The Bertz CT molecular complexity index is 565. The van der Waals surface area contributed by atoms with Crippen molar-refractivity contribution in [3.8, 4) is 0 Å². The van der Waals surface area contributed by atoms with Gasteiger partial charge in [-0.3, -0.25) is 4.98 Å². The van der Waals surface area contributed by atoms with E-state index in [2.05, 4.69) is 42.2 Å². The average molecular weight is 272 g/mol. The van der Waals surface area contributed by atoms with E-state index in [1.54, 1.807) is 6.20 Å². The number of nitrogens with zero attached hydrogens (tertiary/aromatic N) is 2. The highest BCUT2D eigenvalue weighted by Crippen LogP contribution is 2.27. The van der Waals surface area contributed by atoms with Gasteiger partial charge in [0.05, 0.1) is 23.1 Å². The second-order valence-corrected chi connectivity index (χ2v) is 5.46. The molecule has 1 aromatic heterocycles. The zero-order valence-electron chi connectivity index (χ0n) is 12.6. The Kier molecular flexibility index (Phi) is 4.79. The minimum Gasteiger partial charge on any atom is -0.396 e. The van der Waals surface area contributed by atoms with Gasteiger partial charge in [0.25, 0.3) is 0 Å². The van der Waals surface area contributed by atoms with Gasteiger partial charge in [-0.25, -0.2) is 0 Å². The summed E-state index contributed by atoms with van der Waals surface area (Å²) in [6.45, 7) is 6.41. The molecule has 0 spiro atoms. The van der Waals surface area contributed by atoms with E-state index in [-0.39, 0.29) is 0 Å². The van der Waals surface area contributed by atoms with Crippen molar-refractivity contribution in [3.63, 3.8) is 0 Å². The Morgan fingerprint density at radius 1 is 1.30 bits per heavy atom. The Hall–Kier alpha value is -1.81. The highest BCUT2D eigenvalue weighted by Gasteiger charge is 2.06. The third-order valence-corrected chi connectivity index (χ3v) is 3.68. The Morgan fingerprint density at radius 2 is 2.05 bits per heavy atom. The minimum atomic E-state index is 0.585. The van der Waals surface area contributed by atoms with Crippen LogP contribution in [-0.2, 0) is 0 Å². The monoisotopic (exact) mass is 272 g/mol. The van der Waals surface area contributed by atoms with Gasteiger partial charge in [0, 0.05) is 18.0 Å². The lowest BCUT2D eigenvalue weighted by Crippen LogP contribution is -2.28. The van der Waals surface area contributed by atoms with Gasteiger partial charge in [0.15, 0.2) is 0 Å². The van der Waals surface area contributed by atoms with Crippen molar-refractivity contribution in [1.29, 1.82) is 0 Å². The second-order valence-electron chi connectivity index (χ2n) is 5.46. The molecule has 108 valence electrons. The number of anilines is 2. The first-order valence-corrected chi connectivity index (χ1v) is 7.17. The molecule has 0 fully saturated rings. The molecule has 2 rings (SSSR count). The van der Waals surface area contributed by atoms with Crippen LogP contribution in [0.5, 0.6) is 0 Å². The fraction of sp³-hybridized carbons (Fsp3) is 0.438. The van der Waals surface area contributed by atoms with Crippen molar-refractivity contribution in [2.75, 3.05) is 31.2 Å². The summed E-state index contributed by atoms with van der Waals surface area (Å²) in [6.07, 6.45) is 2.82. The lowest BCUT2D eigenvalue weighted by atomic mass is 10.1. The molecule has 4 nitrogen and oxygen atoms in total. The third-order valence-electron chi connectivity index (χ3n) is 3.68. The number of pyridine rings is 1. The molecule has 20 heavy (non-hydrogen) atoms. The van der Waals surface area contributed by atoms with Gasteiger partial charge >= 0.3 is 0 Å². The van der Waals surface area contributed by atoms with Crippen LogP contribution in [0, 0.1) is 0 Å². The van der Waals surface area contributed by atoms with Crippen molar-refractivity contribution >= 4 is 22.3 Å². The smallest absolute Gasteiger partial charge is 0.0743 e. The number of nitrogens with one attached hydrogen (secondary N) is 1. The molecule has 0 amide bonds. The molecule has 0 unspecified atom stereocenters. The summed E-state index contributed by atoms with van der Waals surface area (Å²) in [6, 6.07) is 8.66. The number of hydrogen-bond acceptors (Lipinski definition) is 4. The van der Waals surface area contributed by atoms with Crippen LogP contribution in [0.15, 0.2) is 30.5 Å². The Labute approximate surface area is 121 Å². The van der Waals surface area contributed by atoms with Crippen molar-refractivity contribution in [3.05, 3.63) is 30.5 Å². The van der Waals surface area contributed by atoms with Crippen LogP contribution in [-0.4, -0.2) is 36.1 Å². The van der Waals surface area contributed by atoms with Crippen molar-refractivity contribution in [2.45, 2.75) is 26.3 Å². The zero-order chi connectivity index (χ0) is 14.5. The maximum atomic E-state index is 6.04. The molecule has 0 saturated heterocycles. The third kappa shape index (κ3) is 3.39. The number of nitrogens with two attached hydrogens (primary N) is 1. The summed E-state index contributed by atoms with van der Waals surface area (Å²) in [5.74, 6) is 0. The standard InChI is InChI=1S/C16H24N4/c1-12(2)20(3)10-6-9-18-16-13-7-4-5-8-15(13)19-11-14(16)17/h4-5,7-8,11-12H,6,9-10,17H2,1-3H3,(H,18,19). The summed E-state index contributed by atoms with van der Waals surface area (Å²) < 4.78 is 0. The summed E-state index contributed by atoms with van der Waals surface area (Å²) in [5, 5.41) is 4.55. The van der Waals surface area contributed by atoms with E-state index in [1.807, 2.05) is 18.2 Å². The molecule has 0 saturated carbocycles. The Balaban J connectivity index is 2.01. The fourth-order valence-corrected chi connectivity index (χ4v) is 2.15. The SMILES string of the molecule is CC(C)N(C)CCCNc1c(N)cnc2ccccc12. The van der Waals surface area contributed by atoms with Crippen LogP contribution in [0.4, 0.5) is 11.4 Å². The molecular formula is C16H24N4. The molecule has 0 aliphatic heterocycles. The number of aromatic nitrogens is 1. The molecule has 1 aromatic carbocycles. The Morgan fingerprint density at radius 3 is 2.80 bits per heavy atom. The van der Waals surface area contributed by atoms with Crippen LogP contribution in [0.25, 0.3) is 10.9 Å². The maximum Gasteiger partial charge on any atom is 0.0743 e. The first-order valence-electron chi connectivity index (χ1n) is 7.17. The van der Waals surface area contributed by atoms with Gasteiger partial charge in [-0.05, 0) is 39.9 Å². The molecule has 2 aromatic rings. The summed E-state index contributed by atoms with van der Waals surface area (Å²) in [5.41, 5.74) is 8.73. The average Bonchev–Trinajstić information content (AvgIpc) is 2.45. The predicted molar refractivity (Wildman–Crippen MR) is 87.0 cm³/mol. The highest BCUT2D eigenvalue weighted by atomic mass is 15.1. The molecule has 0 radical (unpaired) electrons. The first kappa shape index (κ1) is 14.6. The summed E-state index contributed by atoms with van der Waals surface area (Å²) >= 11 is 0. The number of fused-ring (bicyclic) bond motifs is 1. The number of benzene rings is 1. The van der Waals surface area contributed by atoms with Crippen molar-refractivity contribution in [1.82, 2.24) is 9.88 Å². The van der Waals surface area contributed by atoms with Crippen LogP contribution in [0.1, 0.15) is 20.3 Å². The molecular weight excluding hydrogens is 248 g/mol.